The van der Waals surface area contributed by atoms with Gasteiger partial charge in [0.2, 0.25) is 20.6 Å². The molecule has 0 aromatic heterocycles. The molecule has 76 valence electrons. The van der Waals surface area contributed by atoms with Crippen LogP contribution >= 0.6 is 47.0 Å². The van der Waals surface area contributed by atoms with Crippen molar-refractivity contribution in [3.8, 4) is 0 Å². The van der Waals surface area contributed by atoms with Gasteiger partial charge >= 0.3 is 0 Å². The van der Waals surface area contributed by atoms with Crippen LogP contribution in [0.4, 0.5) is 17.6 Å². The van der Waals surface area contributed by atoms with E-state index in [4.69, 9.17) is 0 Å². The Hall–Kier alpha value is 0.340. The van der Waals surface area contributed by atoms with Crippen LogP contribution in [0.1, 0.15) is 0 Å². The smallest absolute Gasteiger partial charge is 0.195 e. The van der Waals surface area contributed by atoms with Crippen molar-refractivity contribution in [2.75, 3.05) is 0 Å². The zero-order valence-electron chi connectivity index (χ0n) is 6.14. The van der Waals surface area contributed by atoms with Crippen molar-refractivity contribution in [3.05, 3.63) is 29.1 Å². The van der Waals surface area contributed by atoms with E-state index in [1.807, 2.05) is 0 Å². The summed E-state index contributed by atoms with van der Waals surface area (Å²) in [7, 11) is 0. The van der Waals surface area contributed by atoms with Crippen molar-refractivity contribution in [2.45, 2.75) is 0 Å². The summed E-state index contributed by atoms with van der Waals surface area (Å²) in [4.78, 5) is 0. The van der Waals surface area contributed by atoms with Crippen molar-refractivity contribution in [1.82, 2.24) is 0 Å². The van der Waals surface area contributed by atoms with E-state index in [2.05, 4.69) is 0 Å². The lowest BCUT2D eigenvalue weighted by atomic mass is 11.1. The summed E-state index contributed by atoms with van der Waals surface area (Å²) in [6.45, 7) is 0. The Morgan fingerprint density at radius 2 is 0.714 bits per heavy atom. The van der Waals surface area contributed by atoms with Gasteiger partial charge in [0, 0.05) is 0 Å². The Labute approximate surface area is 93.6 Å². The molecule has 2 heterocycles. The molecular formula is C6F4S4. The van der Waals surface area contributed by atoms with Gasteiger partial charge in [-0.3, -0.25) is 0 Å². The predicted molar refractivity (Wildman–Crippen MR) is 55.9 cm³/mol. The van der Waals surface area contributed by atoms with Crippen LogP contribution in [-0.2, 0) is 0 Å². The zero-order chi connectivity index (χ0) is 10.3. The van der Waals surface area contributed by atoms with Crippen LogP contribution < -0.4 is 0 Å². The van der Waals surface area contributed by atoms with Crippen LogP contribution in [0.3, 0.4) is 0 Å². The summed E-state index contributed by atoms with van der Waals surface area (Å²) in [6.07, 6.45) is 0. The van der Waals surface area contributed by atoms with Crippen LogP contribution in [0, 0.1) is 0 Å². The maximum Gasteiger partial charge on any atom is 0.204 e. The molecule has 14 heavy (non-hydrogen) atoms. The fourth-order valence-electron chi connectivity index (χ4n) is 0.694. The van der Waals surface area contributed by atoms with Crippen molar-refractivity contribution in [3.63, 3.8) is 0 Å². The van der Waals surface area contributed by atoms with E-state index in [0.29, 0.717) is 47.0 Å². The molecule has 0 N–H and O–H groups in total. The third-order valence-corrected chi connectivity index (χ3v) is 5.97. The molecule has 0 unspecified atom stereocenters. The minimum Gasteiger partial charge on any atom is -0.195 e. The van der Waals surface area contributed by atoms with Crippen molar-refractivity contribution < 1.29 is 17.6 Å². The number of hydrogen-bond donors (Lipinski definition) is 0. The average Bonchev–Trinajstić information content (AvgIpc) is 2.60. The number of thioether (sulfide) groups is 4. The molecule has 0 nitrogen and oxygen atoms in total. The number of rotatable bonds is 0. The Balaban J connectivity index is 2.17. The molecule has 0 amide bonds. The van der Waals surface area contributed by atoms with Crippen LogP contribution in [0.5, 0.6) is 0 Å². The SMILES string of the molecule is FC1=C(F)SC(=C2SC(F)=C(F)S2)S1. The van der Waals surface area contributed by atoms with Crippen molar-refractivity contribution in [1.29, 1.82) is 0 Å². The molecule has 2 aliphatic heterocycles. The van der Waals surface area contributed by atoms with Gasteiger partial charge in [-0.1, -0.05) is 0 Å². The number of hydrogen-bond acceptors (Lipinski definition) is 4. The molecule has 0 aromatic carbocycles. The highest BCUT2D eigenvalue weighted by atomic mass is 32.2. The lowest BCUT2D eigenvalue weighted by molar-refractivity contribution is 0.619. The fourth-order valence-corrected chi connectivity index (χ4v) is 4.71. The third kappa shape index (κ3) is 1.98. The van der Waals surface area contributed by atoms with Crippen LogP contribution in [0.15, 0.2) is 29.1 Å². The Kier molecular flexibility index (Phi) is 3.15. The normalized spacial score (nSPS) is 23.1. The average molecular weight is 276 g/mol. The van der Waals surface area contributed by atoms with Crippen LogP contribution in [0.25, 0.3) is 0 Å². The maximum atomic E-state index is 12.6. The first-order chi connectivity index (χ1) is 6.58. The quantitative estimate of drug-likeness (QED) is 0.557. The first kappa shape index (κ1) is 10.8. The second-order valence-corrected chi connectivity index (χ2v) is 6.48. The lowest BCUT2D eigenvalue weighted by Crippen LogP contribution is -1.65. The second-order valence-electron chi connectivity index (χ2n) is 2.08. The molecule has 0 saturated heterocycles. The number of halogens is 4. The molecule has 0 radical (unpaired) electrons. The first-order valence-electron chi connectivity index (χ1n) is 3.14. The summed E-state index contributed by atoms with van der Waals surface area (Å²) < 4.78 is 50.9. The summed E-state index contributed by atoms with van der Waals surface area (Å²) in [5.41, 5.74) is 0. The summed E-state index contributed by atoms with van der Waals surface area (Å²) in [5.74, 6) is 0. The molecule has 0 saturated carbocycles. The predicted octanol–water partition coefficient (Wildman–Crippen LogP) is 5.20. The molecule has 8 heteroatoms. The van der Waals surface area contributed by atoms with Gasteiger partial charge in [-0.15, -0.1) is 0 Å². The van der Waals surface area contributed by atoms with E-state index in [9.17, 15) is 17.6 Å². The van der Waals surface area contributed by atoms with Crippen LogP contribution in [-0.4, -0.2) is 0 Å². The van der Waals surface area contributed by atoms with Gasteiger partial charge in [0.15, 0.2) is 0 Å². The van der Waals surface area contributed by atoms with Gasteiger partial charge in [-0.2, -0.15) is 17.6 Å². The monoisotopic (exact) mass is 276 g/mol. The van der Waals surface area contributed by atoms with Gasteiger partial charge in [0.25, 0.3) is 0 Å². The van der Waals surface area contributed by atoms with Crippen LogP contribution in [0.2, 0.25) is 0 Å². The summed E-state index contributed by atoms with van der Waals surface area (Å²) in [5, 5.41) is -3.81. The standard InChI is InChI=1S/C6F4S4/c7-1-2(8)12-5(11-1)6-13-3(9)4(10)14-6. The Bertz CT molecular complexity index is 315. The highest BCUT2D eigenvalue weighted by Crippen LogP contribution is 2.60. The third-order valence-electron chi connectivity index (χ3n) is 1.20. The van der Waals surface area contributed by atoms with Gasteiger partial charge < -0.3 is 0 Å². The summed E-state index contributed by atoms with van der Waals surface area (Å²) >= 11 is 2.22. The Morgan fingerprint density at radius 3 is 0.929 bits per heavy atom. The molecule has 0 atom stereocenters. The maximum absolute atomic E-state index is 12.6. The zero-order valence-corrected chi connectivity index (χ0v) is 9.41. The van der Waals surface area contributed by atoms with Crippen molar-refractivity contribution in [2.24, 2.45) is 0 Å². The highest BCUT2D eigenvalue weighted by Gasteiger charge is 2.30. The van der Waals surface area contributed by atoms with E-state index >= 15 is 0 Å². The largest absolute Gasteiger partial charge is 0.204 e. The molecule has 0 bridgehead atoms. The van der Waals surface area contributed by atoms with E-state index < -0.39 is 20.6 Å². The molecular weight excluding hydrogens is 276 g/mol. The van der Waals surface area contributed by atoms with Crippen molar-refractivity contribution >= 4 is 47.0 Å². The second kappa shape index (κ2) is 4.07. The highest BCUT2D eigenvalue weighted by molar-refractivity contribution is 8.34. The van der Waals surface area contributed by atoms with Gasteiger partial charge in [0.05, 0.1) is 8.47 Å². The first-order valence-corrected chi connectivity index (χ1v) is 6.40. The van der Waals surface area contributed by atoms with E-state index in [1.54, 1.807) is 0 Å². The topological polar surface area (TPSA) is 0 Å². The van der Waals surface area contributed by atoms with Gasteiger partial charge in [-0.05, 0) is 47.0 Å². The lowest BCUT2D eigenvalue weighted by Gasteiger charge is -1.97. The minimum absolute atomic E-state index is 0.248. The summed E-state index contributed by atoms with van der Waals surface area (Å²) in [6, 6.07) is 0. The molecule has 0 spiro atoms. The molecule has 0 fully saturated rings. The minimum atomic E-state index is -0.952. The van der Waals surface area contributed by atoms with E-state index in [1.165, 1.54) is 0 Å². The molecule has 0 aromatic rings. The van der Waals surface area contributed by atoms with E-state index in [-0.39, 0.29) is 8.47 Å². The molecule has 2 rings (SSSR count). The van der Waals surface area contributed by atoms with Gasteiger partial charge in [0.1, 0.15) is 0 Å². The fraction of sp³-hybridized carbons (Fsp3) is 0. The van der Waals surface area contributed by atoms with E-state index in [0.717, 1.165) is 0 Å². The van der Waals surface area contributed by atoms with Gasteiger partial charge in [-0.25, -0.2) is 0 Å². The molecule has 2 aliphatic rings. The molecule has 0 aliphatic carbocycles. The Morgan fingerprint density at radius 1 is 0.500 bits per heavy atom.